The number of carbonyl (C=O) groups excluding carboxylic acids is 2. The van der Waals surface area contributed by atoms with E-state index >= 15 is 0 Å². The first-order valence-corrected chi connectivity index (χ1v) is 6.84. The number of amides is 2. The second-order valence-corrected chi connectivity index (χ2v) is 5.60. The number of ether oxygens (including phenoxy) is 1. The first kappa shape index (κ1) is 14.8. The third kappa shape index (κ3) is 3.27. The predicted molar refractivity (Wildman–Crippen MR) is 68.8 cm³/mol. The van der Waals surface area contributed by atoms with Crippen LogP contribution in [-0.2, 0) is 19.1 Å². The van der Waals surface area contributed by atoms with Gasteiger partial charge in [0.2, 0.25) is 11.8 Å². The lowest BCUT2D eigenvalue weighted by molar-refractivity contribution is -0.147. The van der Waals surface area contributed by atoms with Gasteiger partial charge in [-0.15, -0.1) is 0 Å². The van der Waals surface area contributed by atoms with Crippen LogP contribution in [0, 0.1) is 11.8 Å². The van der Waals surface area contributed by atoms with Crippen LogP contribution < -0.4 is 10.6 Å². The maximum absolute atomic E-state index is 11.8. The minimum absolute atomic E-state index is 0.0139. The zero-order valence-corrected chi connectivity index (χ0v) is 11.5. The summed E-state index contributed by atoms with van der Waals surface area (Å²) in [6, 6.07) is 0. The normalized spacial score (nSPS) is 31.6. The fourth-order valence-corrected chi connectivity index (χ4v) is 2.33. The van der Waals surface area contributed by atoms with Crippen LogP contribution in [-0.4, -0.2) is 48.2 Å². The van der Waals surface area contributed by atoms with Gasteiger partial charge in [0.25, 0.3) is 0 Å². The molecule has 20 heavy (non-hydrogen) atoms. The molecule has 0 aromatic heterocycles. The summed E-state index contributed by atoms with van der Waals surface area (Å²) in [5.41, 5.74) is -1.31. The monoisotopic (exact) mass is 284 g/mol. The molecule has 0 spiro atoms. The number of rotatable bonds is 6. The van der Waals surface area contributed by atoms with Crippen LogP contribution in [0.5, 0.6) is 0 Å². The third-order valence-electron chi connectivity index (χ3n) is 3.91. The van der Waals surface area contributed by atoms with E-state index in [1.165, 1.54) is 0 Å². The van der Waals surface area contributed by atoms with Gasteiger partial charge >= 0.3 is 5.97 Å². The van der Waals surface area contributed by atoms with Crippen LogP contribution in [0.25, 0.3) is 0 Å². The smallest absolute Gasteiger partial charge is 0.331 e. The molecule has 0 bridgehead atoms. The number of hydrogen-bond acceptors (Lipinski definition) is 4. The first-order valence-electron chi connectivity index (χ1n) is 6.84. The molecule has 3 unspecified atom stereocenters. The number of aliphatic carboxylic acids is 1. The predicted octanol–water partition coefficient (Wildman–Crippen LogP) is -0.491. The maximum Gasteiger partial charge on any atom is 0.331 e. The highest BCUT2D eigenvalue weighted by Crippen LogP contribution is 2.37. The topological polar surface area (TPSA) is 105 Å². The molecule has 2 rings (SSSR count). The Bertz CT molecular complexity index is 417. The van der Waals surface area contributed by atoms with E-state index in [4.69, 9.17) is 4.74 Å². The van der Waals surface area contributed by atoms with E-state index in [1.54, 1.807) is 0 Å². The standard InChI is InChI=1S/C13H20N2O5/c1-8-6-9(8)11(17)14-4-2-10(16)15-13(12(18)19)3-5-20-7-13/h8-9H,2-7H2,1H3,(H,14,17)(H,15,16)(H,18,19). The van der Waals surface area contributed by atoms with Crippen LogP contribution in [0.1, 0.15) is 26.2 Å². The summed E-state index contributed by atoms with van der Waals surface area (Å²) in [5, 5.41) is 14.4. The molecule has 2 aliphatic rings. The highest BCUT2D eigenvalue weighted by Gasteiger charge is 2.44. The molecular weight excluding hydrogens is 264 g/mol. The average molecular weight is 284 g/mol. The Balaban J connectivity index is 1.72. The van der Waals surface area contributed by atoms with Crippen molar-refractivity contribution in [2.75, 3.05) is 19.8 Å². The van der Waals surface area contributed by atoms with Crippen LogP contribution in [0.3, 0.4) is 0 Å². The number of carboxylic acids is 1. The Hall–Kier alpha value is -1.63. The van der Waals surface area contributed by atoms with Gasteiger partial charge in [-0.25, -0.2) is 4.79 Å². The Morgan fingerprint density at radius 3 is 2.60 bits per heavy atom. The fourth-order valence-electron chi connectivity index (χ4n) is 2.33. The number of nitrogens with one attached hydrogen (secondary N) is 2. The van der Waals surface area contributed by atoms with E-state index < -0.39 is 11.5 Å². The molecule has 7 nitrogen and oxygen atoms in total. The van der Waals surface area contributed by atoms with E-state index in [9.17, 15) is 19.5 Å². The third-order valence-corrected chi connectivity index (χ3v) is 3.91. The van der Waals surface area contributed by atoms with Crippen molar-refractivity contribution >= 4 is 17.8 Å². The van der Waals surface area contributed by atoms with E-state index in [2.05, 4.69) is 10.6 Å². The minimum Gasteiger partial charge on any atom is -0.479 e. The zero-order chi connectivity index (χ0) is 14.8. The summed E-state index contributed by atoms with van der Waals surface area (Å²) in [5.74, 6) is -0.995. The van der Waals surface area contributed by atoms with Crippen molar-refractivity contribution in [3.8, 4) is 0 Å². The van der Waals surface area contributed by atoms with Crippen LogP contribution in [0.15, 0.2) is 0 Å². The van der Waals surface area contributed by atoms with Crippen LogP contribution in [0.4, 0.5) is 0 Å². The largest absolute Gasteiger partial charge is 0.479 e. The summed E-state index contributed by atoms with van der Waals surface area (Å²) in [4.78, 5) is 34.5. The average Bonchev–Trinajstić information content (AvgIpc) is 2.92. The van der Waals surface area contributed by atoms with Crippen LogP contribution >= 0.6 is 0 Å². The van der Waals surface area contributed by atoms with Crippen molar-refractivity contribution in [3.63, 3.8) is 0 Å². The van der Waals surface area contributed by atoms with Gasteiger partial charge in [0.15, 0.2) is 5.54 Å². The molecule has 0 aromatic rings. The van der Waals surface area contributed by atoms with Gasteiger partial charge in [0, 0.05) is 31.9 Å². The molecule has 112 valence electrons. The Morgan fingerprint density at radius 2 is 2.10 bits per heavy atom. The van der Waals surface area contributed by atoms with E-state index in [0.29, 0.717) is 12.5 Å². The second-order valence-electron chi connectivity index (χ2n) is 5.60. The molecule has 1 saturated heterocycles. The van der Waals surface area contributed by atoms with Gasteiger partial charge in [0.05, 0.1) is 6.61 Å². The Labute approximate surface area is 117 Å². The summed E-state index contributed by atoms with van der Waals surface area (Å²) in [7, 11) is 0. The van der Waals surface area contributed by atoms with Gasteiger partial charge in [-0.1, -0.05) is 6.92 Å². The van der Waals surface area contributed by atoms with Crippen molar-refractivity contribution in [1.29, 1.82) is 0 Å². The van der Waals surface area contributed by atoms with Crippen molar-refractivity contribution in [3.05, 3.63) is 0 Å². The van der Waals surface area contributed by atoms with Crippen LogP contribution in [0.2, 0.25) is 0 Å². The summed E-state index contributed by atoms with van der Waals surface area (Å²) < 4.78 is 5.05. The molecule has 1 saturated carbocycles. The van der Waals surface area contributed by atoms with Crippen molar-refractivity contribution < 1.29 is 24.2 Å². The lowest BCUT2D eigenvalue weighted by Gasteiger charge is -2.23. The fraction of sp³-hybridized carbons (Fsp3) is 0.769. The van der Waals surface area contributed by atoms with Crippen molar-refractivity contribution in [1.82, 2.24) is 10.6 Å². The van der Waals surface area contributed by atoms with Gasteiger partial charge < -0.3 is 20.5 Å². The van der Waals surface area contributed by atoms with E-state index in [0.717, 1.165) is 6.42 Å². The van der Waals surface area contributed by atoms with E-state index in [1.807, 2.05) is 6.92 Å². The summed E-state index contributed by atoms with van der Waals surface area (Å²) in [6.07, 6.45) is 1.24. The molecule has 1 aliphatic carbocycles. The van der Waals surface area contributed by atoms with E-state index in [-0.39, 0.29) is 43.7 Å². The number of carbonyl (C=O) groups is 3. The molecule has 1 aliphatic heterocycles. The minimum atomic E-state index is -1.31. The molecule has 7 heteroatoms. The Kier molecular flexibility index (Phi) is 4.27. The molecule has 2 amide bonds. The highest BCUT2D eigenvalue weighted by molar-refractivity contribution is 5.88. The molecular formula is C13H20N2O5. The number of carboxylic acid groups (broad SMARTS) is 1. The maximum atomic E-state index is 11.8. The quantitative estimate of drug-likeness (QED) is 0.610. The molecule has 0 radical (unpaired) electrons. The van der Waals surface area contributed by atoms with Crippen molar-refractivity contribution in [2.45, 2.75) is 31.7 Å². The lowest BCUT2D eigenvalue weighted by atomic mass is 9.99. The number of hydrogen-bond donors (Lipinski definition) is 3. The van der Waals surface area contributed by atoms with Gasteiger partial charge in [-0.3, -0.25) is 9.59 Å². The molecule has 2 fully saturated rings. The summed E-state index contributed by atoms with van der Waals surface area (Å²) in [6.45, 7) is 2.54. The zero-order valence-electron chi connectivity index (χ0n) is 11.5. The second kappa shape index (κ2) is 5.78. The van der Waals surface area contributed by atoms with Gasteiger partial charge in [-0.05, 0) is 12.3 Å². The lowest BCUT2D eigenvalue weighted by Crippen LogP contribution is -2.55. The highest BCUT2D eigenvalue weighted by atomic mass is 16.5. The molecule has 0 aromatic carbocycles. The van der Waals surface area contributed by atoms with Gasteiger partial charge in [-0.2, -0.15) is 0 Å². The first-order chi connectivity index (χ1) is 9.44. The molecule has 3 atom stereocenters. The molecule has 3 N–H and O–H groups in total. The molecule has 1 heterocycles. The van der Waals surface area contributed by atoms with Crippen molar-refractivity contribution in [2.24, 2.45) is 11.8 Å². The summed E-state index contributed by atoms with van der Waals surface area (Å²) >= 11 is 0. The van der Waals surface area contributed by atoms with Gasteiger partial charge in [0.1, 0.15) is 0 Å². The Morgan fingerprint density at radius 1 is 1.40 bits per heavy atom. The SMILES string of the molecule is CC1CC1C(=O)NCCC(=O)NC1(C(=O)O)CCOC1.